The summed E-state index contributed by atoms with van der Waals surface area (Å²) in [7, 11) is 0. The third kappa shape index (κ3) is 4.15. The first-order chi connectivity index (χ1) is 14.8. The van der Waals surface area contributed by atoms with Gasteiger partial charge in [-0.15, -0.1) is 5.10 Å². The van der Waals surface area contributed by atoms with Gasteiger partial charge in [-0.05, 0) is 52.2 Å². The Morgan fingerprint density at radius 1 is 1.19 bits per heavy atom. The van der Waals surface area contributed by atoms with Crippen molar-refractivity contribution in [2.75, 3.05) is 13.1 Å². The Morgan fingerprint density at radius 3 is 2.44 bits per heavy atom. The number of amides is 1. The zero-order valence-electron chi connectivity index (χ0n) is 18.2. The Morgan fingerprint density at radius 2 is 1.84 bits per heavy atom. The monoisotopic (exact) mass is 451 g/mol. The fraction of sp³-hybridized carbons (Fsp3) is 0.524. The number of nitrogens with one attached hydrogen (secondary N) is 1. The molecule has 0 aromatic carbocycles. The maximum absolute atomic E-state index is 13.2. The summed E-state index contributed by atoms with van der Waals surface area (Å²) in [5, 5.41) is 4.68. The molecule has 172 valence electrons. The number of ether oxygens (including phenoxy) is 1. The number of pyridine rings is 1. The Kier molecular flexibility index (Phi) is 5.17. The van der Waals surface area contributed by atoms with E-state index in [9.17, 15) is 22.8 Å². The second-order valence-electron chi connectivity index (χ2n) is 9.08. The van der Waals surface area contributed by atoms with E-state index >= 15 is 0 Å². The minimum Gasteiger partial charge on any atom is -0.444 e. The van der Waals surface area contributed by atoms with Gasteiger partial charge in [0, 0.05) is 25.1 Å². The molecule has 0 bridgehead atoms. The highest BCUT2D eigenvalue weighted by Crippen LogP contribution is 2.33. The first-order valence-corrected chi connectivity index (χ1v) is 10.3. The highest BCUT2D eigenvalue weighted by atomic mass is 19.4. The molecule has 4 rings (SSSR count). The molecule has 3 aromatic heterocycles. The lowest BCUT2D eigenvalue weighted by molar-refractivity contribution is -0.141. The third-order valence-electron chi connectivity index (χ3n) is 5.46. The summed E-state index contributed by atoms with van der Waals surface area (Å²) >= 11 is 0. The molecular formula is C21H24F3N5O3. The van der Waals surface area contributed by atoms with Crippen molar-refractivity contribution >= 4 is 22.8 Å². The van der Waals surface area contributed by atoms with Crippen LogP contribution >= 0.6 is 0 Å². The fourth-order valence-corrected chi connectivity index (χ4v) is 4.04. The first-order valence-electron chi connectivity index (χ1n) is 10.3. The number of piperidine rings is 1. The molecule has 0 spiro atoms. The number of aromatic nitrogens is 4. The van der Waals surface area contributed by atoms with E-state index in [4.69, 9.17) is 4.74 Å². The molecule has 1 saturated heterocycles. The van der Waals surface area contributed by atoms with Crippen molar-refractivity contribution in [2.45, 2.75) is 58.2 Å². The Hall–Kier alpha value is -3.11. The second-order valence-corrected chi connectivity index (χ2v) is 9.08. The average molecular weight is 451 g/mol. The van der Waals surface area contributed by atoms with Crippen LogP contribution in [0, 0.1) is 6.92 Å². The molecular weight excluding hydrogens is 427 g/mol. The van der Waals surface area contributed by atoms with Gasteiger partial charge in [-0.1, -0.05) is 0 Å². The van der Waals surface area contributed by atoms with Gasteiger partial charge in [0.15, 0.2) is 5.65 Å². The molecule has 0 atom stereocenters. The van der Waals surface area contributed by atoms with Crippen LogP contribution in [0.1, 0.15) is 56.5 Å². The lowest BCUT2D eigenvalue weighted by atomic mass is 9.93. The summed E-state index contributed by atoms with van der Waals surface area (Å²) < 4.78 is 46.5. The van der Waals surface area contributed by atoms with Gasteiger partial charge in [-0.25, -0.2) is 14.3 Å². The molecule has 0 unspecified atom stereocenters. The van der Waals surface area contributed by atoms with Gasteiger partial charge >= 0.3 is 12.3 Å². The minimum absolute atomic E-state index is 0.0772. The molecule has 0 radical (unpaired) electrons. The van der Waals surface area contributed by atoms with Crippen molar-refractivity contribution in [1.82, 2.24) is 24.5 Å². The van der Waals surface area contributed by atoms with Gasteiger partial charge in [-0.3, -0.25) is 4.79 Å². The zero-order chi connectivity index (χ0) is 23.4. The predicted molar refractivity (Wildman–Crippen MR) is 111 cm³/mol. The molecule has 1 amide bonds. The normalized spacial score (nSPS) is 16.2. The number of fused-ring (bicyclic) bond motifs is 3. The van der Waals surface area contributed by atoms with Gasteiger partial charge in [0.05, 0.1) is 11.1 Å². The van der Waals surface area contributed by atoms with E-state index in [0.29, 0.717) is 48.2 Å². The number of H-pyrrole nitrogens is 1. The molecule has 3 aromatic rings. The second kappa shape index (κ2) is 7.49. The van der Waals surface area contributed by atoms with Crippen LogP contribution in [-0.2, 0) is 10.9 Å². The van der Waals surface area contributed by atoms with Crippen LogP contribution in [0.5, 0.6) is 0 Å². The summed E-state index contributed by atoms with van der Waals surface area (Å²) in [5.74, 6) is -0.102. The minimum atomic E-state index is -4.60. The lowest BCUT2D eigenvalue weighted by Crippen LogP contribution is -2.41. The standard InChI is InChI=1S/C21H24F3N5O3/c1-11-9-14(21(22,23)24)25-17-16(11)18-26-15(30)10-13(29(18)27-17)12-5-7-28(8-6-12)19(31)32-20(2,3)4/h9-10,12H,5-8H2,1-4H3,(H,26,30). The number of aromatic amines is 1. The summed E-state index contributed by atoms with van der Waals surface area (Å²) in [4.78, 5) is 32.7. The molecule has 1 fully saturated rings. The number of hydrogen-bond acceptors (Lipinski definition) is 5. The van der Waals surface area contributed by atoms with E-state index in [-0.39, 0.29) is 17.1 Å². The van der Waals surface area contributed by atoms with Crippen molar-refractivity contribution in [3.8, 4) is 0 Å². The van der Waals surface area contributed by atoms with Crippen LogP contribution in [0.3, 0.4) is 0 Å². The molecule has 0 saturated carbocycles. The summed E-state index contributed by atoms with van der Waals surface area (Å²) in [6.45, 7) is 7.80. The third-order valence-corrected chi connectivity index (χ3v) is 5.46. The van der Waals surface area contributed by atoms with Crippen LogP contribution in [0.2, 0.25) is 0 Å². The predicted octanol–water partition coefficient (Wildman–Crippen LogP) is 4.01. The van der Waals surface area contributed by atoms with Crippen LogP contribution < -0.4 is 5.56 Å². The van der Waals surface area contributed by atoms with E-state index in [1.807, 2.05) is 0 Å². The molecule has 0 aliphatic carbocycles. The fourth-order valence-electron chi connectivity index (χ4n) is 4.04. The van der Waals surface area contributed by atoms with Crippen LogP contribution in [0.15, 0.2) is 16.9 Å². The van der Waals surface area contributed by atoms with Crippen LogP contribution in [0.25, 0.3) is 16.7 Å². The summed E-state index contributed by atoms with van der Waals surface area (Å²) in [6, 6.07) is 2.36. The average Bonchev–Trinajstić information content (AvgIpc) is 3.04. The molecule has 32 heavy (non-hydrogen) atoms. The van der Waals surface area contributed by atoms with Gasteiger partial charge in [0.2, 0.25) is 0 Å². The van der Waals surface area contributed by atoms with E-state index < -0.39 is 23.6 Å². The van der Waals surface area contributed by atoms with E-state index in [0.717, 1.165) is 6.07 Å². The summed E-state index contributed by atoms with van der Waals surface area (Å²) in [6.07, 6.45) is -3.86. The Labute approximate surface area is 181 Å². The Bertz CT molecular complexity index is 1250. The van der Waals surface area contributed by atoms with Crippen molar-refractivity contribution in [1.29, 1.82) is 0 Å². The summed E-state index contributed by atoms with van der Waals surface area (Å²) in [5.41, 5.74) is -0.850. The number of aryl methyl sites for hydroxylation is 1. The smallest absolute Gasteiger partial charge is 0.433 e. The lowest BCUT2D eigenvalue weighted by Gasteiger charge is -2.33. The van der Waals surface area contributed by atoms with Gasteiger partial charge in [-0.2, -0.15) is 13.2 Å². The first kappa shape index (κ1) is 22.1. The maximum atomic E-state index is 13.2. The van der Waals surface area contributed by atoms with Crippen molar-refractivity contribution in [3.63, 3.8) is 0 Å². The molecule has 1 N–H and O–H groups in total. The highest BCUT2D eigenvalue weighted by molar-refractivity contribution is 5.92. The number of nitrogens with zero attached hydrogens (tertiary/aromatic N) is 4. The van der Waals surface area contributed by atoms with Gasteiger partial charge < -0.3 is 14.6 Å². The highest BCUT2D eigenvalue weighted by Gasteiger charge is 2.34. The quantitative estimate of drug-likeness (QED) is 0.604. The van der Waals surface area contributed by atoms with Crippen molar-refractivity contribution in [2.24, 2.45) is 0 Å². The molecule has 11 heteroatoms. The molecule has 1 aliphatic rings. The SMILES string of the molecule is Cc1cc(C(F)(F)F)nc2nn3c(C4CCN(C(=O)OC(C)(C)C)CC4)cc(=O)[nH]c3c12. The number of alkyl halides is 3. The Balaban J connectivity index is 1.70. The maximum Gasteiger partial charge on any atom is 0.433 e. The zero-order valence-corrected chi connectivity index (χ0v) is 18.2. The van der Waals surface area contributed by atoms with Gasteiger partial charge in [0.25, 0.3) is 5.56 Å². The van der Waals surface area contributed by atoms with Crippen LogP contribution in [-0.4, -0.2) is 49.3 Å². The molecule has 1 aliphatic heterocycles. The number of rotatable bonds is 1. The van der Waals surface area contributed by atoms with E-state index in [2.05, 4.69) is 15.1 Å². The molecule has 8 nitrogen and oxygen atoms in total. The number of carbonyl (C=O) groups excluding carboxylic acids is 1. The number of likely N-dealkylation sites (tertiary alicyclic amines) is 1. The molecule has 4 heterocycles. The number of carbonyl (C=O) groups is 1. The van der Waals surface area contributed by atoms with E-state index in [1.54, 1.807) is 25.7 Å². The number of halogens is 3. The van der Waals surface area contributed by atoms with Crippen molar-refractivity contribution < 1.29 is 22.7 Å². The van der Waals surface area contributed by atoms with E-state index in [1.165, 1.54) is 17.5 Å². The topological polar surface area (TPSA) is 92.6 Å². The van der Waals surface area contributed by atoms with Crippen LogP contribution in [0.4, 0.5) is 18.0 Å². The van der Waals surface area contributed by atoms with Gasteiger partial charge in [0.1, 0.15) is 16.9 Å². The number of hydrogen-bond donors (Lipinski definition) is 1. The van der Waals surface area contributed by atoms with Crippen molar-refractivity contribution in [3.05, 3.63) is 39.4 Å². The largest absolute Gasteiger partial charge is 0.444 e.